The molecule has 2 fully saturated rings. The van der Waals surface area contributed by atoms with Crippen LogP contribution >= 0.6 is 0 Å². The summed E-state index contributed by atoms with van der Waals surface area (Å²) in [6.45, 7) is 2.78. The number of likely N-dealkylation sites (tertiary alicyclic amines) is 1. The third kappa shape index (κ3) is 4.69. The van der Waals surface area contributed by atoms with Crippen LogP contribution < -0.4 is 5.32 Å². The van der Waals surface area contributed by atoms with Crippen molar-refractivity contribution in [2.24, 2.45) is 5.92 Å². The maximum atomic E-state index is 12.5. The van der Waals surface area contributed by atoms with Gasteiger partial charge in [0.25, 0.3) is 0 Å². The summed E-state index contributed by atoms with van der Waals surface area (Å²) in [4.78, 5) is 14.5. The number of hydrogen-bond donors (Lipinski definition) is 2. The van der Waals surface area contributed by atoms with E-state index in [0.717, 1.165) is 38.0 Å². The van der Waals surface area contributed by atoms with Gasteiger partial charge in [0.15, 0.2) is 0 Å². The number of rotatable bonds is 6. The number of benzene rings is 2. The van der Waals surface area contributed by atoms with E-state index >= 15 is 0 Å². The standard InChI is InChI=1S/C23H28N2O2/c26-20-8-6-17(7-9-20)14-23(27)25-12-10-18(11-13-25)16-24-22-15-21(22)19-4-2-1-3-5-19/h1-9,18,21-22,24,26H,10-16H2. The van der Waals surface area contributed by atoms with E-state index in [1.54, 1.807) is 12.1 Å². The first-order valence-electron chi connectivity index (χ1n) is 10.0. The quantitative estimate of drug-likeness (QED) is 0.827. The van der Waals surface area contributed by atoms with Crippen LogP contribution in [0.5, 0.6) is 5.75 Å². The van der Waals surface area contributed by atoms with E-state index in [-0.39, 0.29) is 11.7 Å². The fraction of sp³-hybridized carbons (Fsp3) is 0.435. The molecule has 1 heterocycles. The van der Waals surface area contributed by atoms with Crippen molar-refractivity contribution >= 4 is 5.91 Å². The number of nitrogens with zero attached hydrogens (tertiary/aromatic N) is 1. The molecular weight excluding hydrogens is 336 g/mol. The normalized spacial score (nSPS) is 22.6. The lowest BCUT2D eigenvalue weighted by Crippen LogP contribution is -2.41. The zero-order valence-corrected chi connectivity index (χ0v) is 15.7. The van der Waals surface area contributed by atoms with Crippen LogP contribution in [-0.2, 0) is 11.2 Å². The predicted molar refractivity (Wildman–Crippen MR) is 107 cm³/mol. The summed E-state index contributed by atoms with van der Waals surface area (Å²) in [6, 6.07) is 18.3. The minimum Gasteiger partial charge on any atom is -0.508 e. The smallest absolute Gasteiger partial charge is 0.226 e. The Hall–Kier alpha value is -2.33. The van der Waals surface area contributed by atoms with Crippen molar-refractivity contribution in [1.82, 2.24) is 10.2 Å². The molecule has 4 heteroatoms. The van der Waals surface area contributed by atoms with Gasteiger partial charge < -0.3 is 15.3 Å². The second kappa shape index (κ2) is 8.13. The highest BCUT2D eigenvalue weighted by Crippen LogP contribution is 2.40. The molecule has 1 saturated heterocycles. The minimum atomic E-state index is 0.193. The lowest BCUT2D eigenvalue weighted by molar-refractivity contribution is -0.131. The topological polar surface area (TPSA) is 52.6 Å². The Bertz CT molecular complexity index is 752. The van der Waals surface area contributed by atoms with Gasteiger partial charge in [0.05, 0.1) is 6.42 Å². The number of amides is 1. The van der Waals surface area contributed by atoms with E-state index in [9.17, 15) is 9.90 Å². The molecule has 2 aromatic rings. The Morgan fingerprint density at radius 1 is 1.04 bits per heavy atom. The van der Waals surface area contributed by atoms with Gasteiger partial charge in [0, 0.05) is 25.0 Å². The fourth-order valence-electron chi connectivity index (χ4n) is 4.09. The maximum absolute atomic E-state index is 12.5. The van der Waals surface area contributed by atoms with E-state index in [1.807, 2.05) is 17.0 Å². The van der Waals surface area contributed by atoms with Crippen LogP contribution in [0.2, 0.25) is 0 Å². The van der Waals surface area contributed by atoms with Gasteiger partial charge in [-0.2, -0.15) is 0 Å². The van der Waals surface area contributed by atoms with Crippen molar-refractivity contribution in [3.63, 3.8) is 0 Å². The van der Waals surface area contributed by atoms with Crippen LogP contribution in [0.1, 0.15) is 36.3 Å². The zero-order chi connectivity index (χ0) is 18.6. The molecule has 0 bridgehead atoms. The molecule has 1 amide bonds. The molecule has 1 saturated carbocycles. The van der Waals surface area contributed by atoms with Gasteiger partial charge in [0.2, 0.25) is 5.91 Å². The molecule has 2 aromatic carbocycles. The number of aromatic hydroxyl groups is 1. The van der Waals surface area contributed by atoms with Gasteiger partial charge in [-0.1, -0.05) is 42.5 Å². The van der Waals surface area contributed by atoms with Crippen molar-refractivity contribution in [3.8, 4) is 5.75 Å². The third-order valence-corrected chi connectivity index (χ3v) is 5.95. The Morgan fingerprint density at radius 2 is 1.74 bits per heavy atom. The van der Waals surface area contributed by atoms with E-state index in [0.29, 0.717) is 24.3 Å². The van der Waals surface area contributed by atoms with Gasteiger partial charge in [-0.05, 0) is 55.0 Å². The zero-order valence-electron chi connectivity index (χ0n) is 15.7. The second-order valence-electron chi connectivity index (χ2n) is 7.94. The van der Waals surface area contributed by atoms with Crippen LogP contribution in [0.15, 0.2) is 54.6 Å². The fourth-order valence-corrected chi connectivity index (χ4v) is 4.09. The van der Waals surface area contributed by atoms with Gasteiger partial charge in [-0.15, -0.1) is 0 Å². The van der Waals surface area contributed by atoms with Crippen molar-refractivity contribution in [2.45, 2.75) is 37.6 Å². The molecule has 0 radical (unpaired) electrons. The van der Waals surface area contributed by atoms with E-state index in [4.69, 9.17) is 0 Å². The largest absolute Gasteiger partial charge is 0.508 e. The second-order valence-corrected chi connectivity index (χ2v) is 7.94. The molecule has 1 aliphatic heterocycles. The predicted octanol–water partition coefficient (Wildman–Crippen LogP) is 3.32. The summed E-state index contributed by atoms with van der Waals surface area (Å²) in [6.07, 6.45) is 3.83. The molecule has 142 valence electrons. The van der Waals surface area contributed by atoms with E-state index < -0.39 is 0 Å². The molecule has 0 spiro atoms. The summed E-state index contributed by atoms with van der Waals surface area (Å²) in [5, 5.41) is 13.1. The average Bonchev–Trinajstić information content (AvgIpc) is 3.49. The van der Waals surface area contributed by atoms with Gasteiger partial charge in [-0.25, -0.2) is 0 Å². The summed E-state index contributed by atoms with van der Waals surface area (Å²) in [7, 11) is 0. The molecular formula is C23H28N2O2. The Labute approximate surface area is 161 Å². The summed E-state index contributed by atoms with van der Waals surface area (Å²) in [5.74, 6) is 1.78. The van der Waals surface area contributed by atoms with Crippen LogP contribution in [0.25, 0.3) is 0 Å². The number of nitrogens with one attached hydrogen (secondary N) is 1. The first-order chi connectivity index (χ1) is 13.2. The lowest BCUT2D eigenvalue weighted by atomic mass is 9.96. The summed E-state index contributed by atoms with van der Waals surface area (Å²) in [5.41, 5.74) is 2.41. The van der Waals surface area contributed by atoms with Crippen molar-refractivity contribution < 1.29 is 9.90 Å². The van der Waals surface area contributed by atoms with Crippen LogP contribution in [0, 0.1) is 5.92 Å². The first kappa shape index (κ1) is 18.1. The first-order valence-corrected chi connectivity index (χ1v) is 10.0. The summed E-state index contributed by atoms with van der Waals surface area (Å²) < 4.78 is 0. The molecule has 2 aliphatic rings. The highest BCUT2D eigenvalue weighted by atomic mass is 16.3. The van der Waals surface area contributed by atoms with Gasteiger partial charge >= 0.3 is 0 Å². The van der Waals surface area contributed by atoms with Crippen molar-refractivity contribution in [1.29, 1.82) is 0 Å². The molecule has 2 atom stereocenters. The van der Waals surface area contributed by atoms with Crippen molar-refractivity contribution in [3.05, 3.63) is 65.7 Å². The van der Waals surface area contributed by atoms with Crippen LogP contribution in [0.4, 0.5) is 0 Å². The molecule has 27 heavy (non-hydrogen) atoms. The number of carbonyl (C=O) groups excluding carboxylic acids is 1. The van der Waals surface area contributed by atoms with E-state index in [2.05, 4.69) is 35.6 Å². The van der Waals surface area contributed by atoms with Crippen molar-refractivity contribution in [2.75, 3.05) is 19.6 Å². The number of phenols is 1. The maximum Gasteiger partial charge on any atom is 0.226 e. The van der Waals surface area contributed by atoms with Crippen LogP contribution in [0.3, 0.4) is 0 Å². The highest BCUT2D eigenvalue weighted by molar-refractivity contribution is 5.78. The Kier molecular flexibility index (Phi) is 5.44. The minimum absolute atomic E-state index is 0.193. The molecule has 2 N–H and O–H groups in total. The third-order valence-electron chi connectivity index (χ3n) is 5.95. The molecule has 0 aromatic heterocycles. The number of carbonyl (C=O) groups is 1. The summed E-state index contributed by atoms with van der Waals surface area (Å²) >= 11 is 0. The molecule has 2 unspecified atom stereocenters. The molecule has 4 rings (SSSR count). The van der Waals surface area contributed by atoms with Gasteiger partial charge in [-0.3, -0.25) is 4.79 Å². The van der Waals surface area contributed by atoms with Crippen LogP contribution in [-0.4, -0.2) is 41.6 Å². The number of piperidine rings is 1. The number of hydrogen-bond acceptors (Lipinski definition) is 3. The Morgan fingerprint density at radius 3 is 2.44 bits per heavy atom. The Balaban J connectivity index is 1.17. The lowest BCUT2D eigenvalue weighted by Gasteiger charge is -2.32. The highest BCUT2D eigenvalue weighted by Gasteiger charge is 2.38. The molecule has 1 aliphatic carbocycles. The van der Waals surface area contributed by atoms with Gasteiger partial charge in [0.1, 0.15) is 5.75 Å². The van der Waals surface area contributed by atoms with E-state index in [1.165, 1.54) is 12.0 Å². The molecule has 4 nitrogen and oxygen atoms in total. The SMILES string of the molecule is O=C(Cc1ccc(O)cc1)N1CCC(CNC2CC2c2ccccc2)CC1. The monoisotopic (exact) mass is 364 g/mol. The number of phenolic OH excluding ortho intramolecular Hbond substituents is 1. The average molecular weight is 364 g/mol.